The molecular formula is C6H10N2O. The molecule has 0 saturated heterocycles. The third kappa shape index (κ3) is 1.31. The fourth-order valence-electron chi connectivity index (χ4n) is 0.678. The van der Waals surface area contributed by atoms with Crippen molar-refractivity contribution in [3.05, 3.63) is 24.0 Å². The summed E-state index contributed by atoms with van der Waals surface area (Å²) in [6, 6.07) is 3.63. The van der Waals surface area contributed by atoms with E-state index in [1.54, 1.807) is 12.3 Å². The second-order valence-electron chi connectivity index (χ2n) is 1.88. The number of rotatable bonds is 2. The summed E-state index contributed by atoms with van der Waals surface area (Å²) in [6.07, 6.45) is 1.22. The zero-order chi connectivity index (χ0) is 6.69. The van der Waals surface area contributed by atoms with Crippen LogP contribution in [0, 0.1) is 0 Å². The van der Waals surface area contributed by atoms with E-state index in [0.717, 1.165) is 5.69 Å². The maximum Gasteiger partial charge on any atom is 0.106 e. The Morgan fingerprint density at radius 1 is 1.78 bits per heavy atom. The molecule has 0 unspecified atom stereocenters. The van der Waals surface area contributed by atoms with E-state index in [2.05, 4.69) is 4.98 Å². The van der Waals surface area contributed by atoms with E-state index in [1.165, 1.54) is 0 Å². The lowest BCUT2D eigenvalue weighted by molar-refractivity contribution is 0.182. The fraction of sp³-hybridized carbons (Fsp3) is 0.333. The van der Waals surface area contributed by atoms with Crippen molar-refractivity contribution in [3.63, 3.8) is 0 Å². The van der Waals surface area contributed by atoms with Crippen LogP contribution >= 0.6 is 0 Å². The average molecular weight is 126 g/mol. The first kappa shape index (κ1) is 6.32. The molecule has 3 nitrogen and oxygen atoms in total. The minimum absolute atomic E-state index is 0.264. The largest absolute Gasteiger partial charge is 0.386 e. The summed E-state index contributed by atoms with van der Waals surface area (Å²) in [5.74, 6) is 0. The van der Waals surface area contributed by atoms with Crippen LogP contribution in [-0.4, -0.2) is 16.6 Å². The first-order chi connectivity index (χ1) is 4.34. The molecule has 4 N–H and O–H groups in total. The Hall–Kier alpha value is -0.800. The summed E-state index contributed by atoms with van der Waals surface area (Å²) in [5, 5.41) is 9.06. The van der Waals surface area contributed by atoms with Gasteiger partial charge in [-0.05, 0) is 12.1 Å². The van der Waals surface area contributed by atoms with Crippen molar-refractivity contribution in [2.45, 2.75) is 6.10 Å². The average Bonchev–Trinajstić information content (AvgIpc) is 2.37. The van der Waals surface area contributed by atoms with Gasteiger partial charge in [0.2, 0.25) is 0 Å². The van der Waals surface area contributed by atoms with E-state index in [9.17, 15) is 0 Å². The summed E-state index contributed by atoms with van der Waals surface area (Å²) < 4.78 is 0. The molecule has 0 radical (unpaired) electrons. The van der Waals surface area contributed by atoms with E-state index >= 15 is 0 Å². The Kier molecular flexibility index (Phi) is 1.87. The molecular weight excluding hydrogens is 116 g/mol. The van der Waals surface area contributed by atoms with Gasteiger partial charge in [-0.3, -0.25) is 0 Å². The molecule has 9 heavy (non-hydrogen) atoms. The lowest BCUT2D eigenvalue weighted by Crippen LogP contribution is -2.11. The third-order valence-corrected chi connectivity index (χ3v) is 1.20. The van der Waals surface area contributed by atoms with Gasteiger partial charge in [0.05, 0.1) is 0 Å². The molecule has 3 heteroatoms. The highest BCUT2D eigenvalue weighted by Crippen LogP contribution is 2.05. The Labute approximate surface area is 53.5 Å². The lowest BCUT2D eigenvalue weighted by atomic mass is 10.3. The van der Waals surface area contributed by atoms with Crippen molar-refractivity contribution in [3.8, 4) is 0 Å². The lowest BCUT2D eigenvalue weighted by Gasteiger charge is -2.02. The SMILES string of the molecule is NC[C@H](O)c1ccc[nH]1. The first-order valence-corrected chi connectivity index (χ1v) is 2.86. The zero-order valence-electron chi connectivity index (χ0n) is 5.04. The Bertz CT molecular complexity index is 160. The van der Waals surface area contributed by atoms with Crippen LogP contribution in [0.2, 0.25) is 0 Å². The van der Waals surface area contributed by atoms with Crippen molar-refractivity contribution in [1.82, 2.24) is 4.98 Å². The number of aromatic amines is 1. The van der Waals surface area contributed by atoms with Crippen molar-refractivity contribution >= 4 is 0 Å². The van der Waals surface area contributed by atoms with E-state index in [1.807, 2.05) is 6.07 Å². The maximum absolute atomic E-state index is 9.06. The van der Waals surface area contributed by atoms with Gasteiger partial charge >= 0.3 is 0 Å². The number of aliphatic hydroxyl groups excluding tert-OH is 1. The van der Waals surface area contributed by atoms with Gasteiger partial charge in [0.15, 0.2) is 0 Å². The Balaban J connectivity index is 2.65. The number of H-pyrrole nitrogens is 1. The Morgan fingerprint density at radius 3 is 3.00 bits per heavy atom. The summed E-state index contributed by atoms with van der Waals surface area (Å²) in [4.78, 5) is 2.86. The molecule has 1 rings (SSSR count). The minimum atomic E-state index is -0.542. The molecule has 0 aliphatic carbocycles. The molecule has 0 aliphatic rings. The number of aromatic nitrogens is 1. The van der Waals surface area contributed by atoms with Crippen LogP contribution in [0.25, 0.3) is 0 Å². The molecule has 1 aromatic rings. The number of hydrogen-bond acceptors (Lipinski definition) is 2. The quantitative estimate of drug-likeness (QED) is 0.522. The summed E-state index contributed by atoms with van der Waals surface area (Å²) in [7, 11) is 0. The van der Waals surface area contributed by atoms with Gasteiger partial charge in [-0.1, -0.05) is 0 Å². The second kappa shape index (κ2) is 2.66. The van der Waals surface area contributed by atoms with E-state index in [4.69, 9.17) is 10.8 Å². The Morgan fingerprint density at radius 2 is 2.56 bits per heavy atom. The van der Waals surface area contributed by atoms with E-state index < -0.39 is 6.10 Å². The smallest absolute Gasteiger partial charge is 0.106 e. The third-order valence-electron chi connectivity index (χ3n) is 1.20. The summed E-state index contributed by atoms with van der Waals surface area (Å²) in [5.41, 5.74) is 5.97. The molecule has 1 heterocycles. The van der Waals surface area contributed by atoms with Crippen LogP contribution < -0.4 is 5.73 Å². The number of aliphatic hydroxyl groups is 1. The van der Waals surface area contributed by atoms with Gasteiger partial charge in [-0.15, -0.1) is 0 Å². The van der Waals surface area contributed by atoms with Gasteiger partial charge in [0, 0.05) is 18.4 Å². The molecule has 0 spiro atoms. The first-order valence-electron chi connectivity index (χ1n) is 2.86. The van der Waals surface area contributed by atoms with Gasteiger partial charge < -0.3 is 15.8 Å². The highest BCUT2D eigenvalue weighted by Gasteiger charge is 2.02. The second-order valence-corrected chi connectivity index (χ2v) is 1.88. The molecule has 1 aromatic heterocycles. The summed E-state index contributed by atoms with van der Waals surface area (Å²) in [6.45, 7) is 0.264. The van der Waals surface area contributed by atoms with Crippen molar-refractivity contribution in [2.24, 2.45) is 5.73 Å². The van der Waals surface area contributed by atoms with Crippen LogP contribution in [0.15, 0.2) is 18.3 Å². The van der Waals surface area contributed by atoms with Gasteiger partial charge in [0.25, 0.3) is 0 Å². The van der Waals surface area contributed by atoms with Crippen LogP contribution in [0.5, 0.6) is 0 Å². The molecule has 1 atom stereocenters. The fourth-order valence-corrected chi connectivity index (χ4v) is 0.678. The van der Waals surface area contributed by atoms with Crippen LogP contribution in [0.3, 0.4) is 0 Å². The minimum Gasteiger partial charge on any atom is -0.386 e. The van der Waals surface area contributed by atoms with Crippen molar-refractivity contribution in [1.29, 1.82) is 0 Å². The molecule has 0 fully saturated rings. The number of hydrogen-bond donors (Lipinski definition) is 3. The molecule has 50 valence electrons. The number of nitrogens with one attached hydrogen (secondary N) is 1. The van der Waals surface area contributed by atoms with Crippen LogP contribution in [0.4, 0.5) is 0 Å². The monoisotopic (exact) mass is 126 g/mol. The molecule has 0 aliphatic heterocycles. The highest BCUT2D eigenvalue weighted by atomic mass is 16.3. The zero-order valence-corrected chi connectivity index (χ0v) is 5.04. The topological polar surface area (TPSA) is 62.0 Å². The van der Waals surface area contributed by atoms with Gasteiger partial charge in [-0.2, -0.15) is 0 Å². The molecule has 0 saturated carbocycles. The van der Waals surface area contributed by atoms with Crippen LogP contribution in [-0.2, 0) is 0 Å². The van der Waals surface area contributed by atoms with Gasteiger partial charge in [0.1, 0.15) is 6.10 Å². The standard InChI is InChI=1S/C6H10N2O/c7-4-6(9)5-2-1-3-8-5/h1-3,6,8-9H,4,7H2/t6-/m0/s1. The maximum atomic E-state index is 9.06. The summed E-state index contributed by atoms with van der Waals surface area (Å²) >= 11 is 0. The molecule has 0 bridgehead atoms. The predicted molar refractivity (Wildman–Crippen MR) is 34.8 cm³/mol. The van der Waals surface area contributed by atoms with Crippen LogP contribution in [0.1, 0.15) is 11.8 Å². The highest BCUT2D eigenvalue weighted by molar-refractivity contribution is 5.06. The predicted octanol–water partition coefficient (Wildman–Crippen LogP) is 0.00680. The van der Waals surface area contributed by atoms with Gasteiger partial charge in [-0.25, -0.2) is 0 Å². The normalized spacial score (nSPS) is 13.6. The number of nitrogens with two attached hydrogens (primary N) is 1. The van der Waals surface area contributed by atoms with E-state index in [0.29, 0.717) is 0 Å². The molecule has 0 amide bonds. The van der Waals surface area contributed by atoms with Crippen molar-refractivity contribution < 1.29 is 5.11 Å². The van der Waals surface area contributed by atoms with E-state index in [-0.39, 0.29) is 6.54 Å². The molecule has 0 aromatic carbocycles. The van der Waals surface area contributed by atoms with Crippen molar-refractivity contribution in [2.75, 3.05) is 6.54 Å².